The summed E-state index contributed by atoms with van der Waals surface area (Å²) in [5.41, 5.74) is 6.98. The van der Waals surface area contributed by atoms with E-state index in [0.717, 1.165) is 24.4 Å². The van der Waals surface area contributed by atoms with Gasteiger partial charge in [-0.2, -0.15) is 4.98 Å². The molecule has 5 heteroatoms. The summed E-state index contributed by atoms with van der Waals surface area (Å²) in [4.78, 5) is 10.9. The predicted molar refractivity (Wildman–Crippen MR) is 74.7 cm³/mol. The van der Waals surface area contributed by atoms with Crippen molar-refractivity contribution in [2.75, 3.05) is 24.3 Å². The van der Waals surface area contributed by atoms with Gasteiger partial charge in [0.05, 0.1) is 5.66 Å². The molecule has 1 aliphatic carbocycles. The molecule has 1 aromatic rings. The second-order valence-electron chi connectivity index (χ2n) is 5.43. The van der Waals surface area contributed by atoms with E-state index in [4.69, 9.17) is 5.73 Å². The van der Waals surface area contributed by atoms with Gasteiger partial charge in [-0.3, -0.25) is 0 Å². The molecule has 0 radical (unpaired) electrons. The van der Waals surface area contributed by atoms with Gasteiger partial charge in [-0.05, 0) is 32.6 Å². The molecule has 0 amide bonds. The zero-order valence-electron chi connectivity index (χ0n) is 11.5. The van der Waals surface area contributed by atoms with Crippen LogP contribution in [0.5, 0.6) is 0 Å². The molecule has 100 valence electrons. The van der Waals surface area contributed by atoms with Gasteiger partial charge in [0.15, 0.2) is 0 Å². The SMILES string of the molecule is Cc1cc(N(C)C)nc(NC2(N)CCCCC2)n1. The third kappa shape index (κ3) is 3.10. The lowest BCUT2D eigenvalue weighted by molar-refractivity contribution is 0.331. The molecule has 18 heavy (non-hydrogen) atoms. The summed E-state index contributed by atoms with van der Waals surface area (Å²) < 4.78 is 0. The molecule has 0 aromatic carbocycles. The minimum absolute atomic E-state index is 0.338. The first kappa shape index (κ1) is 13.1. The number of hydrogen-bond donors (Lipinski definition) is 2. The number of rotatable bonds is 3. The Bertz CT molecular complexity index is 410. The summed E-state index contributed by atoms with van der Waals surface area (Å²) in [5.74, 6) is 1.55. The molecule has 0 bridgehead atoms. The van der Waals surface area contributed by atoms with Gasteiger partial charge < -0.3 is 16.0 Å². The Balaban J connectivity index is 2.17. The Morgan fingerprint density at radius 2 is 1.89 bits per heavy atom. The van der Waals surface area contributed by atoms with Crippen LogP contribution in [0.2, 0.25) is 0 Å². The molecule has 5 nitrogen and oxygen atoms in total. The van der Waals surface area contributed by atoms with Gasteiger partial charge in [0.1, 0.15) is 5.82 Å². The van der Waals surface area contributed by atoms with E-state index in [1.54, 1.807) is 0 Å². The molecular formula is C13H23N5. The van der Waals surface area contributed by atoms with Crippen LogP contribution < -0.4 is 16.0 Å². The van der Waals surface area contributed by atoms with Crippen LogP contribution in [0.1, 0.15) is 37.8 Å². The van der Waals surface area contributed by atoms with E-state index in [9.17, 15) is 0 Å². The first-order valence-electron chi connectivity index (χ1n) is 6.59. The Labute approximate surface area is 109 Å². The zero-order chi connectivity index (χ0) is 13.2. The van der Waals surface area contributed by atoms with Crippen molar-refractivity contribution in [1.82, 2.24) is 9.97 Å². The second kappa shape index (κ2) is 5.10. The lowest BCUT2D eigenvalue weighted by atomic mass is 9.90. The highest BCUT2D eigenvalue weighted by atomic mass is 15.2. The van der Waals surface area contributed by atoms with Crippen LogP contribution in [0.3, 0.4) is 0 Å². The molecule has 0 aliphatic heterocycles. The van der Waals surface area contributed by atoms with E-state index in [1.165, 1.54) is 19.3 Å². The van der Waals surface area contributed by atoms with Gasteiger partial charge in [0, 0.05) is 25.9 Å². The molecule has 0 atom stereocenters. The van der Waals surface area contributed by atoms with E-state index in [1.807, 2.05) is 32.0 Å². The molecule has 1 saturated carbocycles. The predicted octanol–water partition coefficient (Wildman–Crippen LogP) is 1.88. The molecular weight excluding hydrogens is 226 g/mol. The van der Waals surface area contributed by atoms with E-state index in [0.29, 0.717) is 5.95 Å². The summed E-state index contributed by atoms with van der Waals surface area (Å²) >= 11 is 0. The van der Waals surface area contributed by atoms with Crippen molar-refractivity contribution < 1.29 is 0 Å². The van der Waals surface area contributed by atoms with Crippen molar-refractivity contribution in [3.05, 3.63) is 11.8 Å². The van der Waals surface area contributed by atoms with Gasteiger partial charge >= 0.3 is 0 Å². The summed E-state index contributed by atoms with van der Waals surface area (Å²) in [6.45, 7) is 1.98. The molecule has 1 aliphatic rings. The highest BCUT2D eigenvalue weighted by molar-refractivity contribution is 5.44. The van der Waals surface area contributed by atoms with E-state index in [-0.39, 0.29) is 5.66 Å². The maximum atomic E-state index is 6.36. The van der Waals surface area contributed by atoms with Gasteiger partial charge in [0.2, 0.25) is 5.95 Å². The highest BCUT2D eigenvalue weighted by Crippen LogP contribution is 2.26. The van der Waals surface area contributed by atoms with E-state index in [2.05, 4.69) is 15.3 Å². The third-order valence-corrected chi connectivity index (χ3v) is 3.41. The lowest BCUT2D eigenvalue weighted by Gasteiger charge is -2.34. The minimum atomic E-state index is -0.338. The molecule has 1 aromatic heterocycles. The van der Waals surface area contributed by atoms with Crippen LogP contribution >= 0.6 is 0 Å². The quantitative estimate of drug-likeness (QED) is 0.801. The van der Waals surface area contributed by atoms with Crippen LogP contribution in [0, 0.1) is 6.92 Å². The van der Waals surface area contributed by atoms with E-state index >= 15 is 0 Å². The van der Waals surface area contributed by atoms with Crippen LogP contribution in [-0.4, -0.2) is 29.7 Å². The smallest absolute Gasteiger partial charge is 0.226 e. The Morgan fingerprint density at radius 1 is 1.22 bits per heavy atom. The third-order valence-electron chi connectivity index (χ3n) is 3.41. The number of aromatic nitrogens is 2. The monoisotopic (exact) mass is 249 g/mol. The van der Waals surface area contributed by atoms with Crippen molar-refractivity contribution in [3.63, 3.8) is 0 Å². The van der Waals surface area contributed by atoms with Crippen molar-refractivity contribution >= 4 is 11.8 Å². The highest BCUT2D eigenvalue weighted by Gasteiger charge is 2.28. The molecule has 0 unspecified atom stereocenters. The van der Waals surface area contributed by atoms with Crippen molar-refractivity contribution in [1.29, 1.82) is 0 Å². The van der Waals surface area contributed by atoms with Crippen molar-refractivity contribution in [2.24, 2.45) is 5.73 Å². The average molecular weight is 249 g/mol. The second-order valence-corrected chi connectivity index (χ2v) is 5.43. The fraction of sp³-hybridized carbons (Fsp3) is 0.692. The van der Waals surface area contributed by atoms with Crippen LogP contribution in [-0.2, 0) is 0 Å². The number of nitrogens with zero attached hydrogens (tertiary/aromatic N) is 3. The molecule has 0 spiro atoms. The van der Waals surface area contributed by atoms with Gasteiger partial charge in [-0.1, -0.05) is 6.42 Å². The Morgan fingerprint density at radius 3 is 2.50 bits per heavy atom. The van der Waals surface area contributed by atoms with Crippen LogP contribution in [0.25, 0.3) is 0 Å². The standard InChI is InChI=1S/C13H23N5/c1-10-9-11(18(2)3)16-12(15-10)17-13(14)7-5-4-6-8-13/h9H,4-8,14H2,1-3H3,(H,15,16,17). The Hall–Kier alpha value is -1.36. The maximum Gasteiger partial charge on any atom is 0.226 e. The van der Waals surface area contributed by atoms with Crippen LogP contribution in [0.15, 0.2) is 6.07 Å². The Kier molecular flexibility index (Phi) is 3.71. The normalized spacial score (nSPS) is 18.4. The molecule has 3 N–H and O–H groups in total. The number of nitrogens with two attached hydrogens (primary N) is 1. The fourth-order valence-corrected chi connectivity index (χ4v) is 2.37. The topological polar surface area (TPSA) is 67.1 Å². The van der Waals surface area contributed by atoms with Gasteiger partial charge in [-0.25, -0.2) is 4.98 Å². The van der Waals surface area contributed by atoms with Crippen molar-refractivity contribution in [2.45, 2.75) is 44.7 Å². The lowest BCUT2D eigenvalue weighted by Crippen LogP contribution is -2.49. The maximum absolute atomic E-state index is 6.36. The van der Waals surface area contributed by atoms with E-state index < -0.39 is 0 Å². The van der Waals surface area contributed by atoms with Gasteiger partial charge in [0.25, 0.3) is 0 Å². The molecule has 0 saturated heterocycles. The summed E-state index contributed by atoms with van der Waals surface area (Å²) in [6, 6.07) is 1.97. The summed E-state index contributed by atoms with van der Waals surface area (Å²) in [5, 5.41) is 3.32. The largest absolute Gasteiger partial charge is 0.363 e. The molecule has 2 rings (SSSR count). The number of anilines is 2. The zero-order valence-corrected chi connectivity index (χ0v) is 11.5. The first-order valence-corrected chi connectivity index (χ1v) is 6.59. The van der Waals surface area contributed by atoms with Gasteiger partial charge in [-0.15, -0.1) is 0 Å². The average Bonchev–Trinajstić information content (AvgIpc) is 2.28. The number of nitrogens with one attached hydrogen (secondary N) is 1. The minimum Gasteiger partial charge on any atom is -0.363 e. The van der Waals surface area contributed by atoms with Crippen molar-refractivity contribution in [3.8, 4) is 0 Å². The number of hydrogen-bond acceptors (Lipinski definition) is 5. The fourth-order valence-electron chi connectivity index (χ4n) is 2.37. The summed E-state index contributed by atoms with van der Waals surface area (Å²) in [6.07, 6.45) is 5.60. The number of aryl methyl sites for hydroxylation is 1. The first-order chi connectivity index (χ1) is 8.48. The molecule has 1 fully saturated rings. The van der Waals surface area contributed by atoms with Crippen LogP contribution in [0.4, 0.5) is 11.8 Å². The molecule has 1 heterocycles. The summed E-state index contributed by atoms with van der Waals surface area (Å²) in [7, 11) is 3.95.